The summed E-state index contributed by atoms with van der Waals surface area (Å²) >= 11 is 7.40. The summed E-state index contributed by atoms with van der Waals surface area (Å²) in [5, 5.41) is 3.12. The first kappa shape index (κ1) is 16.1. The molecule has 0 radical (unpaired) electrons. The zero-order valence-corrected chi connectivity index (χ0v) is 14.0. The standard InChI is InChI=1S/C16H20ClNO2S/c1-3-12-6-7-14(15(9-12)19-2)20-8-4-5-16-18-13(10-17)11-21-16/h6-7,9,11H,3-5,8,10H2,1-2H3. The minimum absolute atomic E-state index is 0.480. The van der Waals surface area contributed by atoms with Crippen LogP contribution in [0, 0.1) is 0 Å². The maximum Gasteiger partial charge on any atom is 0.161 e. The van der Waals surface area contributed by atoms with Gasteiger partial charge in [0.1, 0.15) is 0 Å². The number of hydrogen-bond acceptors (Lipinski definition) is 4. The molecule has 2 rings (SSSR count). The molecule has 0 spiro atoms. The zero-order chi connectivity index (χ0) is 15.1. The van der Waals surface area contributed by atoms with Gasteiger partial charge in [-0.2, -0.15) is 0 Å². The van der Waals surface area contributed by atoms with E-state index in [-0.39, 0.29) is 0 Å². The number of aryl methyl sites for hydroxylation is 2. The quantitative estimate of drug-likeness (QED) is 0.530. The zero-order valence-electron chi connectivity index (χ0n) is 12.4. The third-order valence-corrected chi connectivity index (χ3v) is 4.40. The summed E-state index contributed by atoms with van der Waals surface area (Å²) in [4.78, 5) is 4.44. The van der Waals surface area contributed by atoms with Gasteiger partial charge >= 0.3 is 0 Å². The number of nitrogens with zero attached hydrogens (tertiary/aromatic N) is 1. The minimum Gasteiger partial charge on any atom is -0.493 e. The van der Waals surface area contributed by atoms with Gasteiger partial charge in [0.25, 0.3) is 0 Å². The molecular weight excluding hydrogens is 306 g/mol. The summed E-state index contributed by atoms with van der Waals surface area (Å²) in [5.41, 5.74) is 2.20. The maximum absolute atomic E-state index is 5.81. The Morgan fingerprint density at radius 3 is 2.81 bits per heavy atom. The van der Waals surface area contributed by atoms with Crippen LogP contribution in [0.1, 0.15) is 29.6 Å². The highest BCUT2D eigenvalue weighted by molar-refractivity contribution is 7.09. The molecule has 0 fully saturated rings. The van der Waals surface area contributed by atoms with Gasteiger partial charge in [-0.25, -0.2) is 4.98 Å². The lowest BCUT2D eigenvalue weighted by molar-refractivity contribution is 0.289. The number of rotatable bonds is 8. The molecule has 5 heteroatoms. The first-order valence-corrected chi connectivity index (χ1v) is 8.47. The van der Waals surface area contributed by atoms with Crippen molar-refractivity contribution in [3.05, 3.63) is 39.8 Å². The number of ether oxygens (including phenoxy) is 2. The summed E-state index contributed by atoms with van der Waals surface area (Å²) < 4.78 is 11.2. The largest absolute Gasteiger partial charge is 0.493 e. The molecule has 114 valence electrons. The predicted octanol–water partition coefficient (Wildman–Crippen LogP) is 4.46. The van der Waals surface area contributed by atoms with E-state index in [0.29, 0.717) is 12.5 Å². The predicted molar refractivity (Wildman–Crippen MR) is 87.9 cm³/mol. The molecule has 0 aliphatic heterocycles. The van der Waals surface area contributed by atoms with Crippen LogP contribution in [0.15, 0.2) is 23.6 Å². The second kappa shape index (κ2) is 8.25. The van der Waals surface area contributed by atoms with Crippen molar-refractivity contribution in [3.8, 4) is 11.5 Å². The van der Waals surface area contributed by atoms with E-state index in [1.165, 1.54) is 5.56 Å². The summed E-state index contributed by atoms with van der Waals surface area (Å²) in [5.74, 6) is 2.08. The molecule has 0 bridgehead atoms. The van der Waals surface area contributed by atoms with E-state index >= 15 is 0 Å². The Bertz CT molecular complexity index is 571. The Labute approximate surface area is 134 Å². The Kier molecular flexibility index (Phi) is 6.33. The summed E-state index contributed by atoms with van der Waals surface area (Å²) in [6.07, 6.45) is 2.83. The van der Waals surface area contributed by atoms with Crippen LogP contribution >= 0.6 is 22.9 Å². The fraction of sp³-hybridized carbons (Fsp3) is 0.438. The fourth-order valence-corrected chi connectivity index (χ4v) is 3.05. The number of halogens is 1. The smallest absolute Gasteiger partial charge is 0.161 e. The van der Waals surface area contributed by atoms with Crippen molar-refractivity contribution in [2.24, 2.45) is 0 Å². The molecule has 0 unspecified atom stereocenters. The average molecular weight is 326 g/mol. The number of hydrogen-bond donors (Lipinski definition) is 0. The fourth-order valence-electron chi connectivity index (χ4n) is 1.98. The maximum atomic E-state index is 5.81. The number of thiazole rings is 1. The molecular formula is C16H20ClNO2S. The van der Waals surface area contributed by atoms with E-state index in [9.17, 15) is 0 Å². The van der Waals surface area contributed by atoms with Gasteiger partial charge in [0, 0.05) is 11.8 Å². The van der Waals surface area contributed by atoms with Crippen molar-refractivity contribution in [2.75, 3.05) is 13.7 Å². The molecule has 1 aromatic heterocycles. The molecule has 0 saturated heterocycles. The van der Waals surface area contributed by atoms with Crippen LogP contribution in [-0.2, 0) is 18.7 Å². The molecule has 21 heavy (non-hydrogen) atoms. The molecule has 0 N–H and O–H groups in total. The van der Waals surface area contributed by atoms with Gasteiger partial charge in [-0.15, -0.1) is 22.9 Å². The third-order valence-electron chi connectivity index (χ3n) is 3.17. The molecule has 0 aliphatic carbocycles. The number of aromatic nitrogens is 1. The SMILES string of the molecule is CCc1ccc(OCCCc2nc(CCl)cs2)c(OC)c1. The number of methoxy groups -OCH3 is 1. The Morgan fingerprint density at radius 1 is 1.29 bits per heavy atom. The lowest BCUT2D eigenvalue weighted by Crippen LogP contribution is -2.01. The minimum atomic E-state index is 0.480. The highest BCUT2D eigenvalue weighted by atomic mass is 35.5. The van der Waals surface area contributed by atoms with Crippen molar-refractivity contribution in [2.45, 2.75) is 32.1 Å². The molecule has 0 saturated carbocycles. The van der Waals surface area contributed by atoms with E-state index in [1.54, 1.807) is 18.4 Å². The molecule has 3 nitrogen and oxygen atoms in total. The Hall–Kier alpha value is -1.26. The summed E-state index contributed by atoms with van der Waals surface area (Å²) in [7, 11) is 1.67. The van der Waals surface area contributed by atoms with Gasteiger partial charge in [0.2, 0.25) is 0 Å². The second-order valence-electron chi connectivity index (χ2n) is 4.66. The van der Waals surface area contributed by atoms with Crippen LogP contribution < -0.4 is 9.47 Å². The molecule has 0 aliphatic rings. The average Bonchev–Trinajstić information content (AvgIpc) is 2.99. The van der Waals surface area contributed by atoms with Gasteiger partial charge in [-0.3, -0.25) is 0 Å². The van der Waals surface area contributed by atoms with Crippen molar-refractivity contribution < 1.29 is 9.47 Å². The second-order valence-corrected chi connectivity index (χ2v) is 5.87. The summed E-state index contributed by atoms with van der Waals surface area (Å²) in [6.45, 7) is 2.77. The van der Waals surface area contributed by atoms with Crippen LogP contribution in [0.5, 0.6) is 11.5 Å². The van der Waals surface area contributed by atoms with Crippen molar-refractivity contribution in [1.29, 1.82) is 0 Å². The topological polar surface area (TPSA) is 31.4 Å². The molecule has 0 amide bonds. The monoisotopic (exact) mass is 325 g/mol. The van der Waals surface area contributed by atoms with E-state index < -0.39 is 0 Å². The first-order valence-electron chi connectivity index (χ1n) is 7.05. The Balaban J connectivity index is 1.82. The van der Waals surface area contributed by atoms with Gasteiger partial charge in [-0.05, 0) is 30.5 Å². The number of alkyl halides is 1. The normalized spacial score (nSPS) is 10.6. The first-order chi connectivity index (χ1) is 10.3. The molecule has 2 aromatic rings. The van der Waals surface area contributed by atoms with Gasteiger partial charge in [0.05, 0.1) is 30.3 Å². The molecule has 0 atom stereocenters. The number of benzene rings is 1. The lowest BCUT2D eigenvalue weighted by Gasteiger charge is -2.11. The summed E-state index contributed by atoms with van der Waals surface area (Å²) in [6, 6.07) is 6.08. The van der Waals surface area contributed by atoms with Crippen LogP contribution in [0.3, 0.4) is 0 Å². The van der Waals surface area contributed by atoms with Crippen LogP contribution in [0.4, 0.5) is 0 Å². The highest BCUT2D eigenvalue weighted by Crippen LogP contribution is 2.28. The van der Waals surface area contributed by atoms with Crippen LogP contribution in [0.25, 0.3) is 0 Å². The van der Waals surface area contributed by atoms with Crippen LogP contribution in [0.2, 0.25) is 0 Å². The van der Waals surface area contributed by atoms with E-state index in [1.807, 2.05) is 17.5 Å². The Morgan fingerprint density at radius 2 is 2.14 bits per heavy atom. The van der Waals surface area contributed by atoms with Crippen LogP contribution in [-0.4, -0.2) is 18.7 Å². The van der Waals surface area contributed by atoms with E-state index in [0.717, 1.165) is 41.5 Å². The van der Waals surface area contributed by atoms with Crippen molar-refractivity contribution >= 4 is 22.9 Å². The lowest BCUT2D eigenvalue weighted by atomic mass is 10.1. The van der Waals surface area contributed by atoms with Gasteiger partial charge in [0.15, 0.2) is 11.5 Å². The van der Waals surface area contributed by atoms with Gasteiger partial charge in [-0.1, -0.05) is 13.0 Å². The van der Waals surface area contributed by atoms with E-state index in [2.05, 4.69) is 18.0 Å². The van der Waals surface area contributed by atoms with E-state index in [4.69, 9.17) is 21.1 Å². The van der Waals surface area contributed by atoms with Crippen molar-refractivity contribution in [3.63, 3.8) is 0 Å². The molecule has 1 heterocycles. The third kappa shape index (κ3) is 4.61. The highest BCUT2D eigenvalue weighted by Gasteiger charge is 2.06. The van der Waals surface area contributed by atoms with Gasteiger partial charge < -0.3 is 9.47 Å². The van der Waals surface area contributed by atoms with Crippen molar-refractivity contribution in [1.82, 2.24) is 4.98 Å². The molecule has 1 aromatic carbocycles.